The number of esters is 3. The van der Waals surface area contributed by atoms with Crippen LogP contribution in [0.2, 0.25) is 5.02 Å². The van der Waals surface area contributed by atoms with Crippen LogP contribution in [0.1, 0.15) is 65.2 Å². The van der Waals surface area contributed by atoms with Crippen LogP contribution in [0.25, 0.3) is 0 Å². The third-order valence-electron chi connectivity index (χ3n) is 6.90. The summed E-state index contributed by atoms with van der Waals surface area (Å²) in [6, 6.07) is 6.14. The summed E-state index contributed by atoms with van der Waals surface area (Å²) in [6.07, 6.45) is 0.567. The summed E-state index contributed by atoms with van der Waals surface area (Å²) in [5.74, 6) is -1.11. The predicted molar refractivity (Wildman–Crippen MR) is 153 cm³/mol. The van der Waals surface area contributed by atoms with Gasteiger partial charge in [-0.2, -0.15) is 0 Å². The molecule has 1 aliphatic heterocycles. The summed E-state index contributed by atoms with van der Waals surface area (Å²) in [4.78, 5) is 48.2. The van der Waals surface area contributed by atoms with Crippen molar-refractivity contribution in [3.05, 3.63) is 35.1 Å². The summed E-state index contributed by atoms with van der Waals surface area (Å²) in [6.45, 7) is 4.80. The molecule has 0 bridgehead atoms. The number of aromatic nitrogens is 3. The average Bonchev–Trinajstić information content (AvgIpc) is 3.59. The van der Waals surface area contributed by atoms with E-state index in [1.54, 1.807) is 24.3 Å². The molecule has 4 rings (SSSR count). The zero-order chi connectivity index (χ0) is 31.1. The molecule has 1 aliphatic carbocycles. The quantitative estimate of drug-likeness (QED) is 0.283. The number of carbonyl (C=O) groups is 4. The summed E-state index contributed by atoms with van der Waals surface area (Å²) in [5.41, 5.74) is -0.907. The van der Waals surface area contributed by atoms with Crippen molar-refractivity contribution in [3.8, 4) is 5.75 Å². The second kappa shape index (κ2) is 14.9. The molecule has 1 aromatic heterocycles. The third kappa shape index (κ3) is 8.83. The van der Waals surface area contributed by atoms with Crippen LogP contribution in [0, 0.1) is 0 Å². The van der Waals surface area contributed by atoms with Crippen molar-refractivity contribution in [1.29, 1.82) is 0 Å². The van der Waals surface area contributed by atoms with Crippen LogP contribution >= 0.6 is 23.4 Å². The number of halogens is 1. The first-order valence-electron chi connectivity index (χ1n) is 13.9. The van der Waals surface area contributed by atoms with E-state index in [9.17, 15) is 19.2 Å². The van der Waals surface area contributed by atoms with Gasteiger partial charge in [0.25, 0.3) is 0 Å². The average molecular weight is 639 g/mol. The number of benzene rings is 1. The Morgan fingerprint density at radius 3 is 2.23 bits per heavy atom. The molecule has 1 aromatic carbocycles. The van der Waals surface area contributed by atoms with E-state index in [4.69, 9.17) is 35.3 Å². The zero-order valence-electron chi connectivity index (χ0n) is 24.3. The highest BCUT2D eigenvalue weighted by molar-refractivity contribution is 7.99. The normalized spacial score (nSPS) is 23.8. The fourth-order valence-electron chi connectivity index (χ4n) is 5.19. The molecule has 1 N–H and O–H groups in total. The van der Waals surface area contributed by atoms with Crippen molar-refractivity contribution in [3.63, 3.8) is 0 Å². The van der Waals surface area contributed by atoms with Crippen LogP contribution in [0.3, 0.4) is 0 Å². The molecule has 15 heteroatoms. The Morgan fingerprint density at radius 2 is 1.63 bits per heavy atom. The van der Waals surface area contributed by atoms with Gasteiger partial charge < -0.3 is 29.0 Å². The Labute approximate surface area is 258 Å². The molecule has 5 atom stereocenters. The van der Waals surface area contributed by atoms with Crippen molar-refractivity contribution in [2.45, 2.75) is 101 Å². The minimum Gasteiger partial charge on any atom is -0.486 e. The molecule has 1 saturated carbocycles. The van der Waals surface area contributed by atoms with Gasteiger partial charge >= 0.3 is 17.9 Å². The first kappa shape index (κ1) is 32.6. The summed E-state index contributed by atoms with van der Waals surface area (Å²) in [5, 5.41) is 12.8. The Kier molecular flexibility index (Phi) is 11.3. The third-order valence-corrected chi connectivity index (χ3v) is 8.28. The van der Waals surface area contributed by atoms with Crippen LogP contribution in [-0.2, 0) is 44.7 Å². The summed E-state index contributed by atoms with van der Waals surface area (Å²) >= 11 is 7.17. The summed E-state index contributed by atoms with van der Waals surface area (Å²) in [7, 11) is 0. The highest BCUT2D eigenvalue weighted by Gasteiger charge is 2.51. The Bertz CT molecular complexity index is 1300. The van der Waals surface area contributed by atoms with Crippen molar-refractivity contribution in [2.24, 2.45) is 0 Å². The number of nitrogens with one attached hydrogen (secondary N) is 1. The van der Waals surface area contributed by atoms with E-state index in [0.29, 0.717) is 21.8 Å². The minimum atomic E-state index is -1.18. The van der Waals surface area contributed by atoms with Gasteiger partial charge in [0.05, 0.1) is 0 Å². The first-order valence-corrected chi connectivity index (χ1v) is 15.2. The molecular formula is C28H35ClN4O9S. The Morgan fingerprint density at radius 1 is 0.977 bits per heavy atom. The Balaban J connectivity index is 1.68. The molecule has 2 heterocycles. The van der Waals surface area contributed by atoms with Crippen molar-refractivity contribution >= 4 is 47.2 Å². The van der Waals surface area contributed by atoms with Gasteiger partial charge in [0.15, 0.2) is 23.2 Å². The predicted octanol–water partition coefficient (Wildman–Crippen LogP) is 3.37. The number of hydrogen-bond donors (Lipinski definition) is 1. The summed E-state index contributed by atoms with van der Waals surface area (Å²) < 4.78 is 30.6. The number of rotatable bonds is 11. The van der Waals surface area contributed by atoms with Gasteiger partial charge in [-0.15, -0.1) is 10.2 Å². The van der Waals surface area contributed by atoms with Crippen LogP contribution < -0.4 is 10.1 Å². The number of carbonyl (C=O) groups excluding carboxylic acids is 4. The molecule has 1 saturated heterocycles. The van der Waals surface area contributed by atoms with Gasteiger partial charge in [0.2, 0.25) is 5.91 Å². The highest BCUT2D eigenvalue weighted by Crippen LogP contribution is 2.39. The standard InChI is InChI=1S/C28H35ClN4O9S/c1-15(34)30-24-26(41-18(4)37)25(40-17(3)36)22(13-38-16(2)35)42-27(24)43-28-32-31-23(33(28)20-7-5-6-8-20)14-39-21-11-9-19(29)10-12-21/h9-12,20,22,24-27H,5-8,13-14H2,1-4H3,(H,30,34)/t22-,24+,25+,26-,27+/m1/s1. The first-order chi connectivity index (χ1) is 20.5. The molecule has 2 aromatic rings. The van der Waals surface area contributed by atoms with Crippen LogP contribution in [-0.4, -0.2) is 75.0 Å². The maximum absolute atomic E-state index is 12.3. The van der Waals surface area contributed by atoms with E-state index in [0.717, 1.165) is 25.7 Å². The second-order valence-electron chi connectivity index (χ2n) is 10.3. The van der Waals surface area contributed by atoms with Gasteiger partial charge in [-0.25, -0.2) is 0 Å². The fourth-order valence-corrected chi connectivity index (χ4v) is 6.55. The van der Waals surface area contributed by atoms with Crippen LogP contribution in [0.15, 0.2) is 29.4 Å². The fraction of sp³-hybridized carbons (Fsp3) is 0.571. The lowest BCUT2D eigenvalue weighted by molar-refractivity contribution is -0.211. The topological polar surface area (TPSA) is 157 Å². The van der Waals surface area contributed by atoms with Gasteiger partial charge in [-0.1, -0.05) is 36.2 Å². The number of amides is 1. The molecule has 0 spiro atoms. The molecule has 13 nitrogen and oxygen atoms in total. The molecule has 43 heavy (non-hydrogen) atoms. The van der Waals surface area contributed by atoms with Gasteiger partial charge in [0.1, 0.15) is 36.5 Å². The van der Waals surface area contributed by atoms with Gasteiger partial charge in [-0.05, 0) is 37.1 Å². The molecule has 2 aliphatic rings. The SMILES string of the molecule is CC(=O)N[C@H]1[C@@H](OC(C)=O)[C@@H](OC(C)=O)[C@@H](COC(C)=O)O[C@H]1Sc1nnc(COc2ccc(Cl)cc2)n1C1CCCC1. The van der Waals surface area contributed by atoms with Crippen LogP contribution in [0.4, 0.5) is 0 Å². The molecule has 1 amide bonds. The van der Waals surface area contributed by atoms with Crippen molar-refractivity contribution in [2.75, 3.05) is 6.61 Å². The van der Waals surface area contributed by atoms with E-state index < -0.39 is 53.6 Å². The molecule has 0 radical (unpaired) electrons. The number of ether oxygens (including phenoxy) is 5. The van der Waals surface area contributed by atoms with E-state index >= 15 is 0 Å². The van der Waals surface area contributed by atoms with E-state index in [1.807, 2.05) is 4.57 Å². The lowest BCUT2D eigenvalue weighted by Crippen LogP contribution is -2.65. The van der Waals surface area contributed by atoms with E-state index in [-0.39, 0.29) is 19.3 Å². The molecular weight excluding hydrogens is 604 g/mol. The van der Waals surface area contributed by atoms with Crippen molar-refractivity contribution < 1.29 is 42.9 Å². The monoisotopic (exact) mass is 638 g/mol. The second-order valence-corrected chi connectivity index (χ2v) is 11.8. The highest BCUT2D eigenvalue weighted by atomic mass is 35.5. The number of hydrogen-bond acceptors (Lipinski definition) is 12. The largest absolute Gasteiger partial charge is 0.486 e. The Hall–Kier alpha value is -3.36. The molecule has 2 fully saturated rings. The molecule has 234 valence electrons. The smallest absolute Gasteiger partial charge is 0.303 e. The van der Waals surface area contributed by atoms with Crippen LogP contribution in [0.5, 0.6) is 5.75 Å². The van der Waals surface area contributed by atoms with Crippen molar-refractivity contribution in [1.82, 2.24) is 20.1 Å². The molecule has 0 unspecified atom stereocenters. The van der Waals surface area contributed by atoms with Gasteiger partial charge in [-0.3, -0.25) is 23.7 Å². The lowest BCUT2D eigenvalue weighted by atomic mass is 9.97. The number of nitrogens with zero attached hydrogens (tertiary/aromatic N) is 3. The number of thioether (sulfide) groups is 1. The maximum atomic E-state index is 12.3. The lowest BCUT2D eigenvalue weighted by Gasteiger charge is -2.44. The van der Waals surface area contributed by atoms with Gasteiger partial charge in [0, 0.05) is 38.8 Å². The minimum absolute atomic E-state index is 0.110. The van der Waals surface area contributed by atoms with E-state index in [1.165, 1.54) is 39.5 Å². The maximum Gasteiger partial charge on any atom is 0.303 e. The van der Waals surface area contributed by atoms with E-state index in [2.05, 4.69) is 15.5 Å². The zero-order valence-corrected chi connectivity index (χ0v) is 25.9.